The van der Waals surface area contributed by atoms with Crippen molar-refractivity contribution in [1.29, 1.82) is 0 Å². The van der Waals surface area contributed by atoms with E-state index in [2.05, 4.69) is 46.7 Å². The number of amides is 1. The number of carbonyl (C=O) groups excluding carboxylic acids is 1. The van der Waals surface area contributed by atoms with Crippen molar-refractivity contribution in [2.45, 2.75) is 51.6 Å². The second-order valence-corrected chi connectivity index (χ2v) is 7.37. The summed E-state index contributed by atoms with van der Waals surface area (Å²) < 4.78 is 0. The van der Waals surface area contributed by atoms with Crippen LogP contribution < -0.4 is 10.6 Å². The van der Waals surface area contributed by atoms with Crippen LogP contribution in [0.1, 0.15) is 43.7 Å². The normalized spacial score (nSPS) is 18.8. The van der Waals surface area contributed by atoms with Gasteiger partial charge in [0.25, 0.3) is 0 Å². The molecule has 0 radical (unpaired) electrons. The molecule has 148 valence electrons. The van der Waals surface area contributed by atoms with Crippen molar-refractivity contribution >= 4 is 30.7 Å². The van der Waals surface area contributed by atoms with Crippen LogP contribution in [0.4, 0.5) is 0 Å². The number of piperidine rings is 1. The lowest BCUT2D eigenvalue weighted by Crippen LogP contribution is -2.44. The van der Waals surface area contributed by atoms with Gasteiger partial charge in [0.2, 0.25) is 5.91 Å². The lowest BCUT2D eigenvalue weighted by atomic mass is 9.93. The third-order valence-electron chi connectivity index (χ3n) is 5.62. The number of nitrogens with zero attached hydrogens (tertiary/aromatic N) is 1. The van der Waals surface area contributed by atoms with E-state index in [9.17, 15) is 4.79 Å². The Hall–Kier alpha value is -0.810. The standard InChI is InChI=1S/C20H31N3O.2ClH/c1-16(23-13-10-18-4-2-3-5-19(18)15-23)14-22-20(24)7-6-17-8-11-21-12-9-17;;/h2-5,16-17,21H,6-15H2,1H3,(H,22,24);2*1H. The van der Waals surface area contributed by atoms with E-state index in [4.69, 9.17) is 0 Å². The maximum absolute atomic E-state index is 12.1. The van der Waals surface area contributed by atoms with E-state index in [1.807, 2.05) is 0 Å². The highest BCUT2D eigenvalue weighted by Gasteiger charge is 2.21. The maximum atomic E-state index is 12.1. The van der Waals surface area contributed by atoms with E-state index in [1.54, 1.807) is 0 Å². The first-order chi connectivity index (χ1) is 11.7. The minimum absolute atomic E-state index is 0. The van der Waals surface area contributed by atoms with Crippen LogP contribution in [0.2, 0.25) is 0 Å². The number of halogens is 2. The summed E-state index contributed by atoms with van der Waals surface area (Å²) in [6.45, 7) is 7.29. The van der Waals surface area contributed by atoms with Crippen molar-refractivity contribution in [2.24, 2.45) is 5.92 Å². The van der Waals surface area contributed by atoms with E-state index in [1.165, 1.54) is 24.0 Å². The molecule has 1 fully saturated rings. The average Bonchev–Trinajstić information content (AvgIpc) is 2.65. The Morgan fingerprint density at radius 1 is 1.23 bits per heavy atom. The molecule has 1 aromatic carbocycles. The van der Waals surface area contributed by atoms with E-state index in [0.717, 1.165) is 51.5 Å². The molecule has 2 heterocycles. The molecule has 0 saturated carbocycles. The van der Waals surface area contributed by atoms with Crippen molar-refractivity contribution in [3.63, 3.8) is 0 Å². The van der Waals surface area contributed by atoms with Gasteiger partial charge in [-0.3, -0.25) is 9.69 Å². The van der Waals surface area contributed by atoms with Gasteiger partial charge in [-0.15, -0.1) is 24.8 Å². The number of fused-ring (bicyclic) bond motifs is 1. The highest BCUT2D eigenvalue weighted by Crippen LogP contribution is 2.20. The first-order valence-electron chi connectivity index (χ1n) is 9.50. The van der Waals surface area contributed by atoms with Gasteiger partial charge in [0.05, 0.1) is 0 Å². The van der Waals surface area contributed by atoms with Crippen LogP contribution in [-0.4, -0.2) is 43.0 Å². The number of rotatable bonds is 6. The Bertz CT molecular complexity index is 550. The second-order valence-electron chi connectivity index (χ2n) is 7.37. The SMILES string of the molecule is CC(CNC(=O)CCC1CCNCC1)N1CCc2ccccc2C1.Cl.Cl. The molecule has 1 aromatic rings. The molecular weight excluding hydrogens is 369 g/mol. The number of nitrogens with one attached hydrogen (secondary N) is 2. The van der Waals surface area contributed by atoms with Crippen LogP contribution in [0.3, 0.4) is 0 Å². The largest absolute Gasteiger partial charge is 0.355 e. The minimum Gasteiger partial charge on any atom is -0.355 e. The number of hydrogen-bond acceptors (Lipinski definition) is 3. The molecule has 2 aliphatic rings. The minimum atomic E-state index is 0. The summed E-state index contributed by atoms with van der Waals surface area (Å²) in [6.07, 6.45) is 5.27. The van der Waals surface area contributed by atoms with Crippen molar-refractivity contribution < 1.29 is 4.79 Å². The predicted molar refractivity (Wildman–Crippen MR) is 112 cm³/mol. The fraction of sp³-hybridized carbons (Fsp3) is 0.650. The zero-order chi connectivity index (χ0) is 16.8. The monoisotopic (exact) mass is 401 g/mol. The van der Waals surface area contributed by atoms with Crippen LogP contribution in [0, 0.1) is 5.92 Å². The van der Waals surface area contributed by atoms with Crippen molar-refractivity contribution in [3.05, 3.63) is 35.4 Å². The van der Waals surface area contributed by atoms with Gasteiger partial charge in [-0.25, -0.2) is 0 Å². The average molecular weight is 402 g/mol. The lowest BCUT2D eigenvalue weighted by molar-refractivity contribution is -0.121. The molecule has 26 heavy (non-hydrogen) atoms. The van der Waals surface area contributed by atoms with E-state index >= 15 is 0 Å². The lowest BCUT2D eigenvalue weighted by Gasteiger charge is -2.33. The van der Waals surface area contributed by atoms with Crippen LogP contribution >= 0.6 is 24.8 Å². The number of hydrogen-bond donors (Lipinski definition) is 2. The summed E-state index contributed by atoms with van der Waals surface area (Å²) >= 11 is 0. The topological polar surface area (TPSA) is 44.4 Å². The van der Waals surface area contributed by atoms with Crippen molar-refractivity contribution in [3.8, 4) is 0 Å². The van der Waals surface area contributed by atoms with Crippen molar-refractivity contribution in [2.75, 3.05) is 26.2 Å². The zero-order valence-electron chi connectivity index (χ0n) is 15.7. The highest BCUT2D eigenvalue weighted by molar-refractivity contribution is 5.85. The Labute approximate surface area is 170 Å². The van der Waals surface area contributed by atoms with Gasteiger partial charge >= 0.3 is 0 Å². The molecule has 6 heteroatoms. The first-order valence-corrected chi connectivity index (χ1v) is 9.50. The Morgan fingerprint density at radius 2 is 1.92 bits per heavy atom. The molecule has 0 spiro atoms. The van der Waals surface area contributed by atoms with Crippen LogP contribution in [0.15, 0.2) is 24.3 Å². The fourth-order valence-electron chi connectivity index (χ4n) is 3.88. The summed E-state index contributed by atoms with van der Waals surface area (Å²) in [5.41, 5.74) is 2.92. The van der Waals surface area contributed by atoms with E-state index < -0.39 is 0 Å². The summed E-state index contributed by atoms with van der Waals surface area (Å²) in [5, 5.41) is 6.53. The molecule has 1 saturated heterocycles. The van der Waals surface area contributed by atoms with E-state index in [0.29, 0.717) is 12.5 Å². The zero-order valence-corrected chi connectivity index (χ0v) is 17.3. The van der Waals surface area contributed by atoms with Gasteiger partial charge in [-0.2, -0.15) is 0 Å². The predicted octanol–water partition coefficient (Wildman–Crippen LogP) is 3.17. The molecular formula is C20H33Cl2N3O. The summed E-state index contributed by atoms with van der Waals surface area (Å²) in [4.78, 5) is 14.6. The quantitative estimate of drug-likeness (QED) is 0.768. The summed E-state index contributed by atoms with van der Waals surface area (Å²) in [6, 6.07) is 9.10. The molecule has 2 N–H and O–H groups in total. The van der Waals surface area contributed by atoms with E-state index in [-0.39, 0.29) is 30.7 Å². The van der Waals surface area contributed by atoms with Gasteiger partial charge in [-0.05, 0) is 62.7 Å². The molecule has 1 atom stereocenters. The third kappa shape index (κ3) is 6.73. The molecule has 1 amide bonds. The molecule has 3 rings (SSSR count). The molecule has 0 bridgehead atoms. The van der Waals surface area contributed by atoms with Gasteiger partial charge < -0.3 is 10.6 Å². The number of benzene rings is 1. The van der Waals surface area contributed by atoms with Crippen LogP contribution in [-0.2, 0) is 17.8 Å². The Kier molecular flexibility index (Phi) is 10.6. The highest BCUT2D eigenvalue weighted by atomic mass is 35.5. The van der Waals surface area contributed by atoms with Gasteiger partial charge in [0.15, 0.2) is 0 Å². The fourth-order valence-corrected chi connectivity index (χ4v) is 3.88. The van der Waals surface area contributed by atoms with Crippen LogP contribution in [0.5, 0.6) is 0 Å². The Balaban J connectivity index is 0.00000169. The molecule has 0 aliphatic carbocycles. The van der Waals surface area contributed by atoms with Gasteiger partial charge in [0.1, 0.15) is 0 Å². The maximum Gasteiger partial charge on any atom is 0.220 e. The molecule has 1 unspecified atom stereocenters. The smallest absolute Gasteiger partial charge is 0.220 e. The second kappa shape index (κ2) is 11.8. The summed E-state index contributed by atoms with van der Waals surface area (Å²) in [7, 11) is 0. The Morgan fingerprint density at radius 3 is 2.65 bits per heavy atom. The first kappa shape index (κ1) is 23.2. The van der Waals surface area contributed by atoms with Gasteiger partial charge in [-0.1, -0.05) is 24.3 Å². The third-order valence-corrected chi connectivity index (χ3v) is 5.62. The van der Waals surface area contributed by atoms with Crippen LogP contribution in [0.25, 0.3) is 0 Å². The van der Waals surface area contributed by atoms with Gasteiger partial charge in [0, 0.05) is 32.1 Å². The molecule has 2 aliphatic heterocycles. The molecule has 0 aromatic heterocycles. The molecule has 4 nitrogen and oxygen atoms in total. The number of carbonyl (C=O) groups is 1. The summed E-state index contributed by atoms with van der Waals surface area (Å²) in [5.74, 6) is 0.950. The van der Waals surface area contributed by atoms with Crippen molar-refractivity contribution in [1.82, 2.24) is 15.5 Å².